The van der Waals surface area contributed by atoms with E-state index in [1.54, 1.807) is 4.90 Å². The van der Waals surface area contributed by atoms with Crippen molar-refractivity contribution in [1.82, 2.24) is 15.5 Å². The topological polar surface area (TPSA) is 78.5 Å². The Bertz CT molecular complexity index is 641. The Morgan fingerprint density at radius 3 is 2.40 bits per heavy atom. The molecule has 0 fully saturated rings. The zero-order chi connectivity index (χ0) is 18.1. The molecule has 1 heterocycles. The van der Waals surface area contributed by atoms with E-state index in [0.29, 0.717) is 26.2 Å². The minimum atomic E-state index is -0.170. The molecule has 1 aromatic carbocycles. The molecule has 0 radical (unpaired) electrons. The van der Waals surface area contributed by atoms with Gasteiger partial charge in [-0.05, 0) is 17.6 Å². The molecule has 0 atom stereocenters. The molecule has 1 aliphatic rings. The molecule has 25 heavy (non-hydrogen) atoms. The van der Waals surface area contributed by atoms with Crippen LogP contribution in [0.25, 0.3) is 5.57 Å². The van der Waals surface area contributed by atoms with Gasteiger partial charge in [0, 0.05) is 45.9 Å². The van der Waals surface area contributed by atoms with Gasteiger partial charge in [-0.1, -0.05) is 36.4 Å². The van der Waals surface area contributed by atoms with Crippen molar-refractivity contribution < 1.29 is 14.4 Å². The van der Waals surface area contributed by atoms with Gasteiger partial charge in [0.1, 0.15) is 0 Å². The number of hydrogen-bond donors (Lipinski definition) is 2. The van der Waals surface area contributed by atoms with E-state index < -0.39 is 0 Å². The van der Waals surface area contributed by atoms with Crippen LogP contribution in [0.1, 0.15) is 31.7 Å². The van der Waals surface area contributed by atoms with Crippen LogP contribution in [0, 0.1) is 0 Å². The van der Waals surface area contributed by atoms with Crippen LogP contribution in [0.3, 0.4) is 0 Å². The van der Waals surface area contributed by atoms with E-state index in [2.05, 4.69) is 28.8 Å². The Hall–Kier alpha value is -2.63. The van der Waals surface area contributed by atoms with Crippen LogP contribution in [-0.4, -0.2) is 48.8 Å². The highest BCUT2D eigenvalue weighted by molar-refractivity contribution is 5.84. The molecule has 0 unspecified atom stereocenters. The lowest BCUT2D eigenvalue weighted by Crippen LogP contribution is -2.36. The van der Waals surface area contributed by atoms with Gasteiger partial charge in [0.25, 0.3) is 0 Å². The van der Waals surface area contributed by atoms with Crippen LogP contribution in [0.2, 0.25) is 0 Å². The molecule has 0 spiro atoms. The molecule has 6 heteroatoms. The molecule has 6 nitrogen and oxygen atoms in total. The average molecular weight is 343 g/mol. The molecule has 0 bridgehead atoms. The van der Waals surface area contributed by atoms with Crippen LogP contribution < -0.4 is 10.6 Å². The Labute approximate surface area is 148 Å². The first-order valence-electron chi connectivity index (χ1n) is 8.59. The molecule has 2 rings (SSSR count). The minimum Gasteiger partial charge on any atom is -0.355 e. The van der Waals surface area contributed by atoms with Crippen LogP contribution in [-0.2, 0) is 14.4 Å². The summed E-state index contributed by atoms with van der Waals surface area (Å²) in [6.45, 7) is 3.47. The predicted octanol–water partition coefficient (Wildman–Crippen LogP) is 1.33. The summed E-state index contributed by atoms with van der Waals surface area (Å²) < 4.78 is 0. The molecule has 0 saturated heterocycles. The SMILES string of the molecule is CC(=O)NCCNC(=O)CCC(=O)N1CC=C(c2ccccc2)CC1. The fraction of sp³-hybridized carbons (Fsp3) is 0.421. The third kappa shape index (κ3) is 6.41. The van der Waals surface area contributed by atoms with Crippen LogP contribution in [0.5, 0.6) is 0 Å². The molecule has 1 aromatic rings. The van der Waals surface area contributed by atoms with Gasteiger partial charge in [0.05, 0.1) is 0 Å². The molecule has 3 amide bonds. The summed E-state index contributed by atoms with van der Waals surface area (Å²) in [5, 5.41) is 5.29. The van der Waals surface area contributed by atoms with Gasteiger partial charge < -0.3 is 15.5 Å². The number of carbonyl (C=O) groups excluding carboxylic acids is 3. The highest BCUT2D eigenvalue weighted by Crippen LogP contribution is 2.22. The molecule has 0 aromatic heterocycles. The summed E-state index contributed by atoms with van der Waals surface area (Å²) in [6.07, 6.45) is 3.30. The van der Waals surface area contributed by atoms with Crippen molar-refractivity contribution in [2.24, 2.45) is 0 Å². The highest BCUT2D eigenvalue weighted by atomic mass is 16.2. The van der Waals surface area contributed by atoms with Crippen molar-refractivity contribution in [3.63, 3.8) is 0 Å². The van der Waals surface area contributed by atoms with Gasteiger partial charge in [0.2, 0.25) is 17.7 Å². The van der Waals surface area contributed by atoms with Crippen molar-refractivity contribution >= 4 is 23.3 Å². The largest absolute Gasteiger partial charge is 0.355 e. The maximum absolute atomic E-state index is 12.2. The van der Waals surface area contributed by atoms with E-state index in [9.17, 15) is 14.4 Å². The maximum atomic E-state index is 12.2. The Morgan fingerprint density at radius 2 is 1.76 bits per heavy atom. The van der Waals surface area contributed by atoms with Crippen molar-refractivity contribution in [2.75, 3.05) is 26.2 Å². The highest BCUT2D eigenvalue weighted by Gasteiger charge is 2.18. The van der Waals surface area contributed by atoms with Crippen LogP contribution >= 0.6 is 0 Å². The van der Waals surface area contributed by atoms with Crippen molar-refractivity contribution in [2.45, 2.75) is 26.2 Å². The summed E-state index contributed by atoms with van der Waals surface area (Å²) in [5.74, 6) is -0.297. The number of amides is 3. The monoisotopic (exact) mass is 343 g/mol. The summed E-state index contributed by atoms with van der Waals surface area (Å²) in [4.78, 5) is 36.4. The molecular formula is C19H25N3O3. The van der Waals surface area contributed by atoms with E-state index in [4.69, 9.17) is 0 Å². The predicted molar refractivity (Wildman–Crippen MR) is 96.5 cm³/mol. The molecule has 0 aliphatic carbocycles. The van der Waals surface area contributed by atoms with Gasteiger partial charge in [0.15, 0.2) is 0 Å². The second-order valence-electron chi connectivity index (χ2n) is 6.02. The van der Waals surface area contributed by atoms with Crippen molar-refractivity contribution in [3.8, 4) is 0 Å². The summed E-state index contributed by atoms with van der Waals surface area (Å²) in [7, 11) is 0. The minimum absolute atomic E-state index is 0.000345. The first kappa shape index (κ1) is 18.7. The van der Waals surface area contributed by atoms with E-state index in [1.165, 1.54) is 18.1 Å². The third-order valence-corrected chi connectivity index (χ3v) is 4.09. The molecule has 134 valence electrons. The standard InChI is InChI=1S/C19H25N3O3/c1-15(23)20-11-12-21-18(24)7-8-19(25)22-13-9-17(10-14-22)16-5-3-2-4-6-16/h2-6,9H,7-8,10-14H2,1H3,(H,20,23)(H,21,24). The number of carbonyl (C=O) groups is 3. The zero-order valence-electron chi connectivity index (χ0n) is 14.6. The van der Waals surface area contributed by atoms with Crippen LogP contribution in [0.4, 0.5) is 0 Å². The Morgan fingerprint density at radius 1 is 1.04 bits per heavy atom. The molecule has 0 saturated carbocycles. The van der Waals surface area contributed by atoms with Crippen LogP contribution in [0.15, 0.2) is 36.4 Å². The number of nitrogens with zero attached hydrogens (tertiary/aromatic N) is 1. The first-order chi connectivity index (χ1) is 12.1. The summed E-state index contributed by atoms with van der Waals surface area (Å²) >= 11 is 0. The van der Waals surface area contributed by atoms with Gasteiger partial charge in [-0.15, -0.1) is 0 Å². The average Bonchev–Trinajstić information content (AvgIpc) is 2.64. The quantitative estimate of drug-likeness (QED) is 0.733. The number of nitrogens with one attached hydrogen (secondary N) is 2. The second kappa shape index (κ2) is 9.61. The van der Waals surface area contributed by atoms with Crippen molar-refractivity contribution in [1.29, 1.82) is 0 Å². The fourth-order valence-corrected chi connectivity index (χ4v) is 2.72. The Balaban J connectivity index is 1.69. The van der Waals surface area contributed by atoms with Gasteiger partial charge in [-0.3, -0.25) is 14.4 Å². The lowest BCUT2D eigenvalue weighted by Gasteiger charge is -2.26. The van der Waals surface area contributed by atoms with E-state index in [-0.39, 0.29) is 30.6 Å². The molecule has 2 N–H and O–H groups in total. The van der Waals surface area contributed by atoms with E-state index in [1.807, 2.05) is 18.2 Å². The summed E-state index contributed by atoms with van der Waals surface area (Å²) in [6, 6.07) is 10.2. The van der Waals surface area contributed by atoms with Gasteiger partial charge in [-0.2, -0.15) is 0 Å². The fourth-order valence-electron chi connectivity index (χ4n) is 2.72. The van der Waals surface area contributed by atoms with Gasteiger partial charge >= 0.3 is 0 Å². The van der Waals surface area contributed by atoms with E-state index >= 15 is 0 Å². The zero-order valence-corrected chi connectivity index (χ0v) is 14.6. The number of benzene rings is 1. The summed E-state index contributed by atoms with van der Waals surface area (Å²) in [5.41, 5.74) is 2.47. The van der Waals surface area contributed by atoms with Crippen molar-refractivity contribution in [3.05, 3.63) is 42.0 Å². The smallest absolute Gasteiger partial charge is 0.223 e. The van der Waals surface area contributed by atoms with Gasteiger partial charge in [-0.25, -0.2) is 0 Å². The Kier molecular flexibility index (Phi) is 7.19. The third-order valence-electron chi connectivity index (χ3n) is 4.09. The lowest BCUT2D eigenvalue weighted by atomic mass is 9.99. The molecule has 1 aliphatic heterocycles. The normalized spacial score (nSPS) is 13.8. The lowest BCUT2D eigenvalue weighted by molar-refractivity contribution is -0.133. The number of hydrogen-bond acceptors (Lipinski definition) is 3. The maximum Gasteiger partial charge on any atom is 0.223 e. The van der Waals surface area contributed by atoms with E-state index in [0.717, 1.165) is 6.42 Å². The number of rotatable bonds is 7. The second-order valence-corrected chi connectivity index (χ2v) is 6.02. The first-order valence-corrected chi connectivity index (χ1v) is 8.59. The molecular weight excluding hydrogens is 318 g/mol.